The fraction of sp³-hybridized carbons (Fsp3) is 0.667. The molecule has 0 spiro atoms. The molecule has 5 heteroatoms. The van der Waals surface area contributed by atoms with Gasteiger partial charge >= 0.3 is 6.08 Å². The van der Waals surface area contributed by atoms with Gasteiger partial charge in [0.15, 0.2) is 5.82 Å². The molecule has 0 unspecified atom stereocenters. The minimum atomic E-state index is -0.396. The summed E-state index contributed by atoms with van der Waals surface area (Å²) in [5, 5.41) is 3.49. The van der Waals surface area contributed by atoms with Crippen LogP contribution in [0, 0.1) is 6.92 Å². The van der Waals surface area contributed by atoms with E-state index >= 15 is 0 Å². The smallest absolute Gasteiger partial charge is 0.417 e. The third-order valence-corrected chi connectivity index (χ3v) is 1.01. The van der Waals surface area contributed by atoms with E-state index in [4.69, 9.17) is 4.74 Å². The van der Waals surface area contributed by atoms with Gasteiger partial charge in [0, 0.05) is 6.42 Å². The van der Waals surface area contributed by atoms with Gasteiger partial charge in [-0.3, -0.25) is 8.91 Å². The van der Waals surface area contributed by atoms with Crippen LogP contribution in [0.2, 0.25) is 0 Å². The summed E-state index contributed by atoms with van der Waals surface area (Å²) in [6.07, 6.45) is 0.456. The molecule has 4 nitrogen and oxygen atoms in total. The molecule has 0 aliphatic rings. The number of rotatable bonds is 4. The summed E-state index contributed by atoms with van der Waals surface area (Å²) in [7, 11) is 0. The topological polar surface area (TPSA) is 48.2 Å². The second-order valence-corrected chi connectivity index (χ2v) is 2.00. The predicted octanol–water partition coefficient (Wildman–Crippen LogP) is 1.12. The van der Waals surface area contributed by atoms with Crippen molar-refractivity contribution in [3.05, 3.63) is 5.82 Å². The molecule has 0 fully saturated rings. The van der Waals surface area contributed by atoms with Crippen LogP contribution >= 0.6 is 0 Å². The van der Waals surface area contributed by atoms with Crippen LogP contribution in [0.1, 0.15) is 12.2 Å². The van der Waals surface area contributed by atoms with Crippen LogP contribution in [-0.4, -0.2) is 23.4 Å². The van der Waals surface area contributed by atoms with Crippen molar-refractivity contribution in [2.45, 2.75) is 13.3 Å². The number of ether oxygens (including phenoxy) is 1. The third kappa shape index (κ3) is 2.53. The molecule has 0 N–H and O–H groups in total. The zero-order valence-electron chi connectivity index (χ0n) is 6.21. The van der Waals surface area contributed by atoms with Gasteiger partial charge in [0.1, 0.15) is 0 Å². The fourth-order valence-corrected chi connectivity index (χ4v) is 0.551. The van der Waals surface area contributed by atoms with Gasteiger partial charge < -0.3 is 4.74 Å². The highest BCUT2D eigenvalue weighted by molar-refractivity contribution is 4.86. The number of hydrogen-bond donors (Lipinski definition) is 0. The molecule has 0 bridgehead atoms. The molecule has 1 aromatic rings. The zero-order valence-corrected chi connectivity index (χ0v) is 6.21. The largest absolute Gasteiger partial charge is 0.449 e. The minimum absolute atomic E-state index is 0.107. The Bertz CT molecular complexity index is 214. The van der Waals surface area contributed by atoms with Crippen LogP contribution in [0.3, 0.4) is 0 Å². The highest BCUT2D eigenvalue weighted by Crippen LogP contribution is 2.04. The molecule has 0 aromatic carbocycles. The van der Waals surface area contributed by atoms with Crippen molar-refractivity contribution in [3.8, 4) is 6.08 Å². The van der Waals surface area contributed by atoms with Gasteiger partial charge in [-0.1, -0.05) is 5.16 Å². The van der Waals surface area contributed by atoms with Crippen LogP contribution in [0.5, 0.6) is 6.08 Å². The Morgan fingerprint density at radius 2 is 2.45 bits per heavy atom. The van der Waals surface area contributed by atoms with Crippen molar-refractivity contribution < 1.29 is 13.7 Å². The second-order valence-electron chi connectivity index (χ2n) is 2.00. The summed E-state index contributed by atoms with van der Waals surface area (Å²) >= 11 is 0. The van der Waals surface area contributed by atoms with Crippen LogP contribution < -0.4 is 4.74 Å². The number of nitrogens with zero attached hydrogens (tertiary/aromatic N) is 2. The molecule has 11 heavy (non-hydrogen) atoms. The first-order valence-electron chi connectivity index (χ1n) is 3.32. The maximum atomic E-state index is 11.6. The Kier molecular flexibility index (Phi) is 2.83. The molecule has 62 valence electrons. The first-order valence-corrected chi connectivity index (χ1v) is 3.32. The van der Waals surface area contributed by atoms with Gasteiger partial charge in [-0.05, 0) is 6.92 Å². The lowest BCUT2D eigenvalue weighted by molar-refractivity contribution is 0.195. The van der Waals surface area contributed by atoms with Crippen LogP contribution in [-0.2, 0) is 0 Å². The molecule has 0 aliphatic carbocycles. The number of alkyl halides is 1. The quantitative estimate of drug-likeness (QED) is 0.619. The van der Waals surface area contributed by atoms with Crippen molar-refractivity contribution in [1.29, 1.82) is 0 Å². The number of aromatic nitrogens is 2. The van der Waals surface area contributed by atoms with E-state index in [1.807, 2.05) is 0 Å². The maximum Gasteiger partial charge on any atom is 0.417 e. The van der Waals surface area contributed by atoms with Gasteiger partial charge in [-0.2, -0.15) is 4.98 Å². The summed E-state index contributed by atoms with van der Waals surface area (Å²) in [4.78, 5) is 3.76. The molecule has 0 radical (unpaired) electrons. The lowest BCUT2D eigenvalue weighted by atomic mass is 10.5. The lowest BCUT2D eigenvalue weighted by Gasteiger charge is -1.94. The Balaban J connectivity index is 2.27. The monoisotopic (exact) mass is 160 g/mol. The molecule has 0 amide bonds. The summed E-state index contributed by atoms with van der Waals surface area (Å²) in [5.74, 6) is 0.514. The van der Waals surface area contributed by atoms with E-state index < -0.39 is 6.67 Å². The average Bonchev–Trinajstić information content (AvgIpc) is 2.37. The van der Waals surface area contributed by atoms with Gasteiger partial charge in [-0.15, -0.1) is 0 Å². The molecule has 0 saturated heterocycles. The van der Waals surface area contributed by atoms with Crippen LogP contribution in [0.25, 0.3) is 0 Å². The summed E-state index contributed by atoms with van der Waals surface area (Å²) in [5.41, 5.74) is 0. The zero-order chi connectivity index (χ0) is 8.10. The minimum Gasteiger partial charge on any atom is -0.449 e. The third-order valence-electron chi connectivity index (χ3n) is 1.01. The Morgan fingerprint density at radius 3 is 3.00 bits per heavy atom. The predicted molar refractivity (Wildman–Crippen MR) is 35.1 cm³/mol. The standard InChI is InChI=1S/C6H9FN2O2/c1-5-8-6(11-9-5)10-4-2-3-7/h2-4H2,1H3. The molecular weight excluding hydrogens is 151 g/mol. The highest BCUT2D eigenvalue weighted by atomic mass is 19.1. The summed E-state index contributed by atoms with van der Waals surface area (Å²) in [6, 6.07) is 0. The van der Waals surface area contributed by atoms with Crippen molar-refractivity contribution in [2.75, 3.05) is 13.3 Å². The highest BCUT2D eigenvalue weighted by Gasteiger charge is 2.01. The van der Waals surface area contributed by atoms with E-state index in [9.17, 15) is 4.39 Å². The molecular formula is C6H9FN2O2. The number of hydrogen-bond acceptors (Lipinski definition) is 4. The van der Waals surface area contributed by atoms with E-state index in [1.165, 1.54) is 0 Å². The molecule has 1 aromatic heterocycles. The maximum absolute atomic E-state index is 11.6. The van der Waals surface area contributed by atoms with Crippen LogP contribution in [0.15, 0.2) is 4.52 Å². The SMILES string of the molecule is Cc1noc(OCCCF)n1. The fourth-order valence-electron chi connectivity index (χ4n) is 0.551. The first kappa shape index (κ1) is 7.97. The Morgan fingerprint density at radius 1 is 1.64 bits per heavy atom. The Hall–Kier alpha value is -1.13. The van der Waals surface area contributed by atoms with E-state index in [-0.39, 0.29) is 12.7 Å². The molecule has 1 rings (SSSR count). The molecule has 0 atom stereocenters. The lowest BCUT2D eigenvalue weighted by Crippen LogP contribution is -1.97. The van der Waals surface area contributed by atoms with Crippen molar-refractivity contribution in [2.24, 2.45) is 0 Å². The van der Waals surface area contributed by atoms with Gasteiger partial charge in [0.2, 0.25) is 0 Å². The first-order chi connectivity index (χ1) is 5.33. The summed E-state index contributed by atoms with van der Waals surface area (Å²) in [6.45, 7) is 1.57. The summed E-state index contributed by atoms with van der Waals surface area (Å²) < 4.78 is 21.0. The van der Waals surface area contributed by atoms with E-state index in [0.717, 1.165) is 0 Å². The van der Waals surface area contributed by atoms with Crippen LogP contribution in [0.4, 0.5) is 4.39 Å². The molecule has 0 saturated carbocycles. The van der Waals surface area contributed by atoms with E-state index in [2.05, 4.69) is 14.7 Å². The number of aryl methyl sites for hydroxylation is 1. The van der Waals surface area contributed by atoms with Crippen molar-refractivity contribution in [1.82, 2.24) is 10.1 Å². The van der Waals surface area contributed by atoms with Crippen molar-refractivity contribution in [3.63, 3.8) is 0 Å². The van der Waals surface area contributed by atoms with Gasteiger partial charge in [0.25, 0.3) is 0 Å². The van der Waals surface area contributed by atoms with E-state index in [1.54, 1.807) is 6.92 Å². The van der Waals surface area contributed by atoms with E-state index in [0.29, 0.717) is 12.2 Å². The molecule has 0 aliphatic heterocycles. The average molecular weight is 160 g/mol. The van der Waals surface area contributed by atoms with Gasteiger partial charge in [0.05, 0.1) is 13.3 Å². The molecule has 1 heterocycles. The number of halogens is 1. The Labute approximate surface area is 63.4 Å². The normalized spacial score (nSPS) is 10.0. The van der Waals surface area contributed by atoms with Gasteiger partial charge in [-0.25, -0.2) is 0 Å². The van der Waals surface area contributed by atoms with Crippen molar-refractivity contribution >= 4 is 0 Å². The second kappa shape index (κ2) is 3.90.